The molecule has 146 valence electrons. The van der Waals surface area contributed by atoms with Crippen molar-refractivity contribution in [1.29, 1.82) is 0 Å². The summed E-state index contributed by atoms with van der Waals surface area (Å²) in [5.74, 6) is -1.37. The maximum absolute atomic E-state index is 12.6. The molecule has 0 aliphatic carbocycles. The zero-order valence-corrected chi connectivity index (χ0v) is 15.8. The molecule has 0 atom stereocenters. The molecule has 1 aliphatic rings. The van der Waals surface area contributed by atoms with Gasteiger partial charge in [-0.3, -0.25) is 14.5 Å². The molecule has 1 aliphatic heterocycles. The number of rotatable bonds is 6. The van der Waals surface area contributed by atoms with Crippen molar-refractivity contribution in [3.63, 3.8) is 0 Å². The van der Waals surface area contributed by atoms with Crippen LogP contribution in [0, 0.1) is 0 Å². The highest BCUT2D eigenvalue weighted by Gasteiger charge is 2.38. The van der Waals surface area contributed by atoms with E-state index >= 15 is 0 Å². The lowest BCUT2D eigenvalue weighted by atomic mass is 10.1. The fourth-order valence-corrected chi connectivity index (χ4v) is 3.39. The average molecular weight is 402 g/mol. The van der Waals surface area contributed by atoms with E-state index in [4.69, 9.17) is 9.88 Å². The Hall–Kier alpha value is -3.17. The van der Waals surface area contributed by atoms with Gasteiger partial charge in [0.2, 0.25) is 10.0 Å². The third-order valence-electron chi connectivity index (χ3n) is 4.40. The molecule has 0 aromatic heterocycles. The van der Waals surface area contributed by atoms with Crippen molar-refractivity contribution in [2.75, 3.05) is 13.7 Å². The van der Waals surface area contributed by atoms with Gasteiger partial charge in [0.25, 0.3) is 11.8 Å². The molecule has 2 aromatic rings. The van der Waals surface area contributed by atoms with Gasteiger partial charge in [-0.25, -0.2) is 13.6 Å². The van der Waals surface area contributed by atoms with Gasteiger partial charge in [0.05, 0.1) is 17.6 Å². The Morgan fingerprint density at radius 3 is 2.14 bits per heavy atom. The first-order chi connectivity index (χ1) is 13.2. The predicted octanol–water partition coefficient (Wildman–Crippen LogP) is 1.22. The number of aliphatic hydroxyl groups is 1. The van der Waals surface area contributed by atoms with Crippen molar-refractivity contribution in [3.05, 3.63) is 65.4 Å². The quantitative estimate of drug-likeness (QED) is 0.700. The Labute approximate surface area is 161 Å². The van der Waals surface area contributed by atoms with Gasteiger partial charge in [0.15, 0.2) is 5.76 Å². The van der Waals surface area contributed by atoms with E-state index in [1.165, 1.54) is 19.2 Å². The molecular weight excluding hydrogens is 384 g/mol. The number of hydrogen-bond acceptors (Lipinski definition) is 6. The standard InChI is InChI=1S/C19H18N2O6S/c1-27-14-6-4-13(5-7-14)16-17(22)19(24)21(18(16)23)11-10-12-2-8-15(9-3-12)28(20,25)26/h2-9,22H,10-11H2,1H3,(H2,20,25,26). The second-order valence-corrected chi connectivity index (χ2v) is 7.71. The van der Waals surface area contributed by atoms with E-state index in [0.717, 1.165) is 4.90 Å². The fraction of sp³-hybridized carbons (Fsp3) is 0.158. The Morgan fingerprint density at radius 1 is 1.00 bits per heavy atom. The van der Waals surface area contributed by atoms with Crippen LogP contribution in [0.5, 0.6) is 5.75 Å². The van der Waals surface area contributed by atoms with Crippen LogP contribution >= 0.6 is 0 Å². The monoisotopic (exact) mass is 402 g/mol. The number of methoxy groups -OCH3 is 1. The number of primary sulfonamides is 1. The summed E-state index contributed by atoms with van der Waals surface area (Å²) in [6, 6.07) is 12.3. The second kappa shape index (κ2) is 7.45. The normalized spacial score (nSPS) is 14.7. The number of imide groups is 1. The highest BCUT2D eigenvalue weighted by Crippen LogP contribution is 2.29. The summed E-state index contributed by atoms with van der Waals surface area (Å²) in [5, 5.41) is 15.2. The first-order valence-electron chi connectivity index (χ1n) is 8.28. The maximum Gasteiger partial charge on any atom is 0.296 e. The number of sulfonamides is 1. The Kier molecular flexibility index (Phi) is 5.21. The van der Waals surface area contributed by atoms with Gasteiger partial charge in [-0.1, -0.05) is 24.3 Å². The van der Waals surface area contributed by atoms with Crippen molar-refractivity contribution >= 4 is 27.4 Å². The van der Waals surface area contributed by atoms with Crippen molar-refractivity contribution < 1.29 is 27.9 Å². The Bertz CT molecular complexity index is 1060. The lowest BCUT2D eigenvalue weighted by Gasteiger charge is -2.14. The molecule has 2 amide bonds. The smallest absolute Gasteiger partial charge is 0.296 e. The van der Waals surface area contributed by atoms with Crippen molar-refractivity contribution in [1.82, 2.24) is 4.90 Å². The lowest BCUT2D eigenvalue weighted by Crippen LogP contribution is -2.33. The first kappa shape index (κ1) is 19.6. The Morgan fingerprint density at radius 2 is 1.61 bits per heavy atom. The highest BCUT2D eigenvalue weighted by atomic mass is 32.2. The van der Waals surface area contributed by atoms with E-state index in [1.807, 2.05) is 0 Å². The molecule has 28 heavy (non-hydrogen) atoms. The summed E-state index contributed by atoms with van der Waals surface area (Å²) in [5.41, 5.74) is 1.07. The van der Waals surface area contributed by atoms with Gasteiger partial charge < -0.3 is 9.84 Å². The van der Waals surface area contributed by atoms with E-state index in [1.54, 1.807) is 36.4 Å². The van der Waals surface area contributed by atoms with Crippen LogP contribution in [0.3, 0.4) is 0 Å². The van der Waals surface area contributed by atoms with Crippen LogP contribution in [0.15, 0.2) is 59.2 Å². The minimum absolute atomic E-state index is 0.0225. The first-order valence-corrected chi connectivity index (χ1v) is 9.82. The van der Waals surface area contributed by atoms with Crippen molar-refractivity contribution in [2.45, 2.75) is 11.3 Å². The van der Waals surface area contributed by atoms with Gasteiger partial charge in [0.1, 0.15) is 5.75 Å². The average Bonchev–Trinajstić information content (AvgIpc) is 2.88. The van der Waals surface area contributed by atoms with Gasteiger partial charge in [0, 0.05) is 6.54 Å². The summed E-state index contributed by atoms with van der Waals surface area (Å²) in [7, 11) is -2.28. The fourth-order valence-electron chi connectivity index (χ4n) is 2.87. The highest BCUT2D eigenvalue weighted by molar-refractivity contribution is 7.89. The molecule has 0 bridgehead atoms. The number of ether oxygens (including phenoxy) is 1. The largest absolute Gasteiger partial charge is 0.502 e. The van der Waals surface area contributed by atoms with Crippen LogP contribution in [0.1, 0.15) is 11.1 Å². The molecule has 1 heterocycles. The SMILES string of the molecule is COc1ccc(C2=C(O)C(=O)N(CCc3ccc(S(N)(=O)=O)cc3)C2=O)cc1. The summed E-state index contributed by atoms with van der Waals surface area (Å²) >= 11 is 0. The molecule has 0 spiro atoms. The van der Waals surface area contributed by atoms with E-state index in [9.17, 15) is 23.1 Å². The van der Waals surface area contributed by atoms with Crippen LogP contribution < -0.4 is 9.88 Å². The van der Waals surface area contributed by atoms with Crippen molar-refractivity contribution in [3.8, 4) is 5.75 Å². The molecule has 0 saturated heterocycles. The minimum Gasteiger partial charge on any atom is -0.502 e. The Balaban J connectivity index is 1.74. The molecule has 9 heteroatoms. The van der Waals surface area contributed by atoms with E-state index in [-0.39, 0.29) is 17.0 Å². The lowest BCUT2D eigenvalue weighted by molar-refractivity contribution is -0.138. The predicted molar refractivity (Wildman–Crippen MR) is 101 cm³/mol. The molecule has 3 N–H and O–H groups in total. The number of aliphatic hydroxyl groups excluding tert-OH is 1. The molecule has 0 saturated carbocycles. The molecule has 0 unspecified atom stereocenters. The van der Waals surface area contributed by atoms with Gasteiger partial charge in [-0.05, 0) is 41.8 Å². The third-order valence-corrected chi connectivity index (χ3v) is 5.33. The number of benzene rings is 2. The van der Waals surface area contributed by atoms with Crippen LogP contribution in [0.2, 0.25) is 0 Å². The summed E-state index contributed by atoms with van der Waals surface area (Å²) in [6.07, 6.45) is 0.297. The topological polar surface area (TPSA) is 127 Å². The number of nitrogens with two attached hydrogens (primary N) is 1. The summed E-state index contributed by atoms with van der Waals surface area (Å²) in [4.78, 5) is 25.9. The van der Waals surface area contributed by atoms with E-state index < -0.39 is 27.6 Å². The van der Waals surface area contributed by atoms with Crippen LogP contribution in [0.25, 0.3) is 5.57 Å². The summed E-state index contributed by atoms with van der Waals surface area (Å²) in [6.45, 7) is 0.0378. The van der Waals surface area contributed by atoms with Crippen LogP contribution in [0.4, 0.5) is 0 Å². The molecule has 0 radical (unpaired) electrons. The van der Waals surface area contributed by atoms with E-state index in [0.29, 0.717) is 23.3 Å². The number of nitrogens with zero attached hydrogens (tertiary/aromatic N) is 1. The number of hydrogen-bond donors (Lipinski definition) is 2. The van der Waals surface area contributed by atoms with Gasteiger partial charge >= 0.3 is 0 Å². The van der Waals surface area contributed by atoms with E-state index in [2.05, 4.69) is 0 Å². The molecule has 0 fully saturated rings. The number of carbonyl (C=O) groups is 2. The zero-order valence-electron chi connectivity index (χ0n) is 15.0. The third kappa shape index (κ3) is 3.75. The van der Waals surface area contributed by atoms with Crippen LogP contribution in [-0.4, -0.2) is 43.9 Å². The molecule has 2 aromatic carbocycles. The van der Waals surface area contributed by atoms with Gasteiger partial charge in [-0.15, -0.1) is 0 Å². The molecular formula is C19H18N2O6S. The minimum atomic E-state index is -3.79. The number of amides is 2. The number of carbonyl (C=O) groups excluding carboxylic acids is 2. The van der Waals surface area contributed by atoms with Crippen LogP contribution in [-0.2, 0) is 26.0 Å². The van der Waals surface area contributed by atoms with Crippen molar-refractivity contribution in [2.24, 2.45) is 5.14 Å². The molecule has 3 rings (SSSR count). The zero-order chi connectivity index (χ0) is 20.5. The molecule has 8 nitrogen and oxygen atoms in total. The maximum atomic E-state index is 12.6. The van der Waals surface area contributed by atoms with Gasteiger partial charge in [-0.2, -0.15) is 0 Å². The second-order valence-electron chi connectivity index (χ2n) is 6.15. The summed E-state index contributed by atoms with van der Waals surface area (Å²) < 4.78 is 27.6.